The molecule has 1 atom stereocenters. The maximum Gasteiger partial charge on any atom is 0.332 e. The first-order valence-corrected chi connectivity index (χ1v) is 7.04. The molecule has 0 saturated heterocycles. The molecule has 4 nitrogen and oxygen atoms in total. The monoisotopic (exact) mass is 275 g/mol. The summed E-state index contributed by atoms with van der Waals surface area (Å²) >= 11 is 0. The number of Topliss-reactive ketones (excluding diaryl/α,β-unsaturated/α-hetero) is 1. The van der Waals surface area contributed by atoms with E-state index >= 15 is 0 Å². The zero-order valence-corrected chi connectivity index (χ0v) is 12.5. The van der Waals surface area contributed by atoms with Crippen LogP contribution in [0, 0.1) is 0 Å². The van der Waals surface area contributed by atoms with E-state index in [4.69, 9.17) is 4.74 Å². The van der Waals surface area contributed by atoms with Crippen LogP contribution in [0.4, 0.5) is 0 Å². The lowest BCUT2D eigenvalue weighted by Gasteiger charge is -2.36. The van der Waals surface area contributed by atoms with Crippen molar-refractivity contribution in [3.05, 3.63) is 35.1 Å². The summed E-state index contributed by atoms with van der Waals surface area (Å²) in [6.45, 7) is 8.16. The van der Waals surface area contributed by atoms with Gasteiger partial charge in [-0.2, -0.15) is 0 Å². The highest BCUT2D eigenvalue weighted by Crippen LogP contribution is 2.32. The van der Waals surface area contributed by atoms with Crippen LogP contribution in [0.5, 0.6) is 0 Å². The second-order valence-electron chi connectivity index (χ2n) is 5.38. The number of fused-ring (bicyclic) bond motifs is 1. The molecule has 0 aromatic heterocycles. The topological polar surface area (TPSA) is 46.6 Å². The Morgan fingerprint density at radius 3 is 2.75 bits per heavy atom. The van der Waals surface area contributed by atoms with Gasteiger partial charge in [0.2, 0.25) is 0 Å². The first-order chi connectivity index (χ1) is 9.45. The molecule has 0 N–H and O–H groups in total. The molecule has 1 unspecified atom stereocenters. The zero-order chi connectivity index (χ0) is 14.9. The van der Waals surface area contributed by atoms with Crippen LogP contribution in [0.25, 0.3) is 0 Å². The van der Waals surface area contributed by atoms with Gasteiger partial charge in [0.25, 0.3) is 0 Å². The number of ether oxygens (including phenoxy) is 1. The maximum atomic E-state index is 12.1. The van der Waals surface area contributed by atoms with Crippen molar-refractivity contribution in [3.8, 4) is 0 Å². The Morgan fingerprint density at radius 1 is 1.45 bits per heavy atom. The molecule has 0 aromatic rings. The van der Waals surface area contributed by atoms with Crippen molar-refractivity contribution in [1.29, 1.82) is 0 Å². The molecular formula is C16H21NO3. The SMILES string of the molecule is CCOC(=O)C1C=C2C(=O)CC=C(C)C2=CN1C(C)C. The number of rotatable bonds is 3. The van der Waals surface area contributed by atoms with E-state index in [2.05, 4.69) is 0 Å². The van der Waals surface area contributed by atoms with Gasteiger partial charge in [-0.05, 0) is 39.3 Å². The lowest BCUT2D eigenvalue weighted by Crippen LogP contribution is -2.44. The number of esters is 1. The summed E-state index contributed by atoms with van der Waals surface area (Å²) in [6, 6.07) is -0.358. The molecular weight excluding hydrogens is 254 g/mol. The van der Waals surface area contributed by atoms with Crippen LogP contribution >= 0.6 is 0 Å². The highest BCUT2D eigenvalue weighted by molar-refractivity contribution is 6.04. The average molecular weight is 275 g/mol. The van der Waals surface area contributed by atoms with Crippen molar-refractivity contribution in [2.24, 2.45) is 0 Å². The number of hydrogen-bond donors (Lipinski definition) is 0. The largest absolute Gasteiger partial charge is 0.464 e. The molecule has 4 heteroatoms. The van der Waals surface area contributed by atoms with Gasteiger partial charge in [0.1, 0.15) is 6.04 Å². The number of hydrogen-bond acceptors (Lipinski definition) is 4. The van der Waals surface area contributed by atoms with E-state index in [-0.39, 0.29) is 17.8 Å². The van der Waals surface area contributed by atoms with E-state index in [1.165, 1.54) is 0 Å². The van der Waals surface area contributed by atoms with E-state index < -0.39 is 6.04 Å². The van der Waals surface area contributed by atoms with Gasteiger partial charge in [0.05, 0.1) is 6.61 Å². The summed E-state index contributed by atoms with van der Waals surface area (Å²) in [7, 11) is 0. The number of nitrogens with zero attached hydrogens (tertiary/aromatic N) is 1. The van der Waals surface area contributed by atoms with Gasteiger partial charge in [-0.3, -0.25) is 4.79 Å². The van der Waals surface area contributed by atoms with Gasteiger partial charge in [0, 0.05) is 29.8 Å². The third kappa shape index (κ3) is 2.55. The van der Waals surface area contributed by atoms with Crippen LogP contribution in [0.3, 0.4) is 0 Å². The average Bonchev–Trinajstić information content (AvgIpc) is 2.42. The Hall–Kier alpha value is -1.84. The summed E-state index contributed by atoms with van der Waals surface area (Å²) in [5, 5.41) is 0. The smallest absolute Gasteiger partial charge is 0.332 e. The fourth-order valence-corrected chi connectivity index (χ4v) is 2.54. The molecule has 0 spiro atoms. The molecule has 0 aromatic carbocycles. The molecule has 0 fully saturated rings. The molecule has 0 saturated carbocycles. The van der Waals surface area contributed by atoms with E-state index in [9.17, 15) is 9.59 Å². The Kier molecular flexibility index (Phi) is 4.12. The van der Waals surface area contributed by atoms with Crippen LogP contribution in [0.15, 0.2) is 35.1 Å². The summed E-state index contributed by atoms with van der Waals surface area (Å²) in [5.41, 5.74) is 2.67. The van der Waals surface area contributed by atoms with Crippen LogP contribution in [0.1, 0.15) is 34.1 Å². The minimum Gasteiger partial charge on any atom is -0.464 e. The highest BCUT2D eigenvalue weighted by atomic mass is 16.5. The Morgan fingerprint density at radius 2 is 2.15 bits per heavy atom. The van der Waals surface area contributed by atoms with Crippen molar-refractivity contribution in [2.75, 3.05) is 6.61 Å². The van der Waals surface area contributed by atoms with E-state index in [1.54, 1.807) is 13.0 Å². The molecule has 2 aliphatic rings. The van der Waals surface area contributed by atoms with Crippen molar-refractivity contribution in [2.45, 2.75) is 46.2 Å². The number of carbonyl (C=O) groups excluding carboxylic acids is 2. The van der Waals surface area contributed by atoms with Crippen LogP contribution in [0.2, 0.25) is 0 Å². The Balaban J connectivity index is 2.43. The first-order valence-electron chi connectivity index (χ1n) is 7.04. The fourth-order valence-electron chi connectivity index (χ4n) is 2.54. The molecule has 1 aliphatic carbocycles. The third-order valence-corrected chi connectivity index (χ3v) is 3.66. The second-order valence-corrected chi connectivity index (χ2v) is 5.38. The molecule has 1 aliphatic heterocycles. The summed E-state index contributed by atoms with van der Waals surface area (Å²) in [5.74, 6) is -0.233. The first kappa shape index (κ1) is 14.6. The molecule has 2 rings (SSSR count). The van der Waals surface area contributed by atoms with Gasteiger partial charge in [-0.15, -0.1) is 0 Å². The maximum absolute atomic E-state index is 12.1. The summed E-state index contributed by atoms with van der Waals surface area (Å²) in [6.07, 6.45) is 6.03. The van der Waals surface area contributed by atoms with Gasteiger partial charge in [-0.1, -0.05) is 6.08 Å². The molecule has 0 amide bonds. The predicted molar refractivity (Wildman–Crippen MR) is 76.9 cm³/mol. The summed E-state index contributed by atoms with van der Waals surface area (Å²) < 4.78 is 5.12. The van der Waals surface area contributed by atoms with Crippen molar-refractivity contribution < 1.29 is 14.3 Å². The van der Waals surface area contributed by atoms with Gasteiger partial charge >= 0.3 is 5.97 Å². The quantitative estimate of drug-likeness (QED) is 0.742. The number of allylic oxidation sites excluding steroid dienone is 4. The van der Waals surface area contributed by atoms with Crippen molar-refractivity contribution >= 4 is 11.8 Å². The third-order valence-electron chi connectivity index (χ3n) is 3.66. The molecule has 108 valence electrons. The molecule has 20 heavy (non-hydrogen) atoms. The Labute approximate surface area is 119 Å². The Bertz CT molecular complexity index is 526. The minimum absolute atomic E-state index is 0.0690. The standard InChI is InChI=1S/C16H21NO3/c1-5-20-16(19)14-8-12-13(9-17(14)10(2)3)11(4)6-7-15(12)18/h6,8-10,14H,5,7H2,1-4H3. The van der Waals surface area contributed by atoms with Gasteiger partial charge < -0.3 is 9.64 Å². The minimum atomic E-state index is -0.511. The number of ketones is 1. The lowest BCUT2D eigenvalue weighted by atomic mass is 9.85. The lowest BCUT2D eigenvalue weighted by molar-refractivity contribution is -0.147. The normalized spacial score (nSPS) is 22.1. The zero-order valence-electron chi connectivity index (χ0n) is 12.5. The highest BCUT2D eigenvalue weighted by Gasteiger charge is 2.33. The number of carbonyl (C=O) groups is 2. The summed E-state index contributed by atoms with van der Waals surface area (Å²) in [4.78, 5) is 26.1. The van der Waals surface area contributed by atoms with E-state index in [1.807, 2.05) is 37.9 Å². The predicted octanol–water partition coefficient (Wildman–Crippen LogP) is 2.37. The van der Waals surface area contributed by atoms with Crippen LogP contribution < -0.4 is 0 Å². The van der Waals surface area contributed by atoms with Gasteiger partial charge in [-0.25, -0.2) is 4.79 Å². The molecule has 1 heterocycles. The van der Waals surface area contributed by atoms with Crippen molar-refractivity contribution in [1.82, 2.24) is 4.90 Å². The molecule has 0 bridgehead atoms. The van der Waals surface area contributed by atoms with Gasteiger partial charge in [0.15, 0.2) is 5.78 Å². The van der Waals surface area contributed by atoms with Crippen LogP contribution in [-0.2, 0) is 14.3 Å². The second kappa shape index (κ2) is 5.65. The van der Waals surface area contributed by atoms with E-state index in [0.29, 0.717) is 18.6 Å². The van der Waals surface area contributed by atoms with Crippen LogP contribution in [-0.4, -0.2) is 35.3 Å². The van der Waals surface area contributed by atoms with Crippen molar-refractivity contribution in [3.63, 3.8) is 0 Å². The molecule has 0 radical (unpaired) electrons. The van der Waals surface area contributed by atoms with E-state index in [0.717, 1.165) is 11.1 Å². The fraction of sp³-hybridized carbons (Fsp3) is 0.500.